The summed E-state index contributed by atoms with van der Waals surface area (Å²) in [5, 5.41) is 8.86. The summed E-state index contributed by atoms with van der Waals surface area (Å²) in [6.07, 6.45) is 0.527. The van der Waals surface area contributed by atoms with E-state index in [0.717, 1.165) is 0 Å². The second-order valence-corrected chi connectivity index (χ2v) is 3.43. The van der Waals surface area contributed by atoms with Crippen LogP contribution in [0.25, 0.3) is 0 Å². The Balaban J connectivity index is 2.86. The lowest BCUT2D eigenvalue weighted by Crippen LogP contribution is -2.06. The summed E-state index contributed by atoms with van der Waals surface area (Å²) in [5.41, 5.74) is 0.589. The number of benzene rings is 1. The fraction of sp³-hybridized carbons (Fsp3) is 0.455. The van der Waals surface area contributed by atoms with Gasteiger partial charge >= 0.3 is 0 Å². The van der Waals surface area contributed by atoms with Crippen LogP contribution in [0, 0.1) is 11.7 Å². The number of ether oxygens (including phenoxy) is 1. The van der Waals surface area contributed by atoms with Crippen LogP contribution < -0.4 is 4.74 Å². The molecule has 0 aromatic heterocycles. The Hall–Kier alpha value is -1.09. The second-order valence-electron chi connectivity index (χ2n) is 3.43. The third-order valence-corrected chi connectivity index (χ3v) is 2.14. The van der Waals surface area contributed by atoms with E-state index in [1.807, 2.05) is 6.92 Å². The Morgan fingerprint density at radius 2 is 2.21 bits per heavy atom. The molecule has 14 heavy (non-hydrogen) atoms. The molecule has 78 valence electrons. The molecule has 3 heteroatoms. The molecule has 0 amide bonds. The van der Waals surface area contributed by atoms with Gasteiger partial charge in [0.1, 0.15) is 0 Å². The van der Waals surface area contributed by atoms with E-state index in [2.05, 4.69) is 0 Å². The molecule has 0 aliphatic carbocycles. The molecule has 1 atom stereocenters. The van der Waals surface area contributed by atoms with Crippen molar-refractivity contribution >= 4 is 0 Å². The van der Waals surface area contributed by atoms with Crippen LogP contribution >= 0.6 is 0 Å². The highest BCUT2D eigenvalue weighted by atomic mass is 19.1. The summed E-state index contributed by atoms with van der Waals surface area (Å²) in [4.78, 5) is 0. The maximum absolute atomic E-state index is 13.6. The van der Waals surface area contributed by atoms with E-state index in [-0.39, 0.29) is 24.1 Å². The molecule has 0 aliphatic heterocycles. The van der Waals surface area contributed by atoms with Crippen molar-refractivity contribution in [2.45, 2.75) is 13.3 Å². The first-order chi connectivity index (χ1) is 6.69. The first-order valence-corrected chi connectivity index (χ1v) is 4.61. The van der Waals surface area contributed by atoms with Gasteiger partial charge in [0.05, 0.1) is 7.11 Å². The van der Waals surface area contributed by atoms with Crippen LogP contribution in [-0.2, 0) is 6.42 Å². The second kappa shape index (κ2) is 4.96. The van der Waals surface area contributed by atoms with E-state index in [4.69, 9.17) is 9.84 Å². The van der Waals surface area contributed by atoms with Gasteiger partial charge in [0.2, 0.25) is 0 Å². The minimum atomic E-state index is -0.324. The summed E-state index contributed by atoms with van der Waals surface area (Å²) in [6.45, 7) is 1.94. The van der Waals surface area contributed by atoms with Gasteiger partial charge in [-0.15, -0.1) is 0 Å². The van der Waals surface area contributed by atoms with Crippen molar-refractivity contribution in [1.29, 1.82) is 0 Å². The molecular formula is C11H15FO2. The average Bonchev–Trinajstić information content (AvgIpc) is 2.21. The van der Waals surface area contributed by atoms with Crippen LogP contribution in [0.5, 0.6) is 5.75 Å². The monoisotopic (exact) mass is 198 g/mol. The van der Waals surface area contributed by atoms with Gasteiger partial charge in [-0.25, -0.2) is 4.39 Å². The number of hydrogen-bond acceptors (Lipinski definition) is 2. The van der Waals surface area contributed by atoms with Crippen molar-refractivity contribution in [3.63, 3.8) is 0 Å². The van der Waals surface area contributed by atoms with Crippen LogP contribution in [0.1, 0.15) is 12.5 Å². The summed E-state index contributed by atoms with van der Waals surface area (Å²) in [7, 11) is 1.44. The van der Waals surface area contributed by atoms with Crippen LogP contribution in [0.15, 0.2) is 18.2 Å². The third kappa shape index (κ3) is 2.45. The zero-order valence-corrected chi connectivity index (χ0v) is 8.46. The van der Waals surface area contributed by atoms with Crippen LogP contribution in [-0.4, -0.2) is 18.8 Å². The number of aliphatic hydroxyl groups excluding tert-OH is 1. The molecule has 0 spiro atoms. The molecule has 0 bridgehead atoms. The highest BCUT2D eigenvalue weighted by Gasteiger charge is 2.10. The largest absolute Gasteiger partial charge is 0.494 e. The topological polar surface area (TPSA) is 29.5 Å². The molecule has 0 heterocycles. The lowest BCUT2D eigenvalue weighted by atomic mass is 10.0. The van der Waals surface area contributed by atoms with Gasteiger partial charge in [0.25, 0.3) is 0 Å². The molecule has 2 nitrogen and oxygen atoms in total. The molecule has 0 saturated heterocycles. The number of rotatable bonds is 4. The minimum absolute atomic E-state index is 0.0661. The normalized spacial score (nSPS) is 12.6. The highest BCUT2D eigenvalue weighted by Crippen LogP contribution is 2.21. The predicted octanol–water partition coefficient (Wildman–Crippen LogP) is 2.01. The van der Waals surface area contributed by atoms with Gasteiger partial charge in [-0.3, -0.25) is 0 Å². The predicted molar refractivity (Wildman–Crippen MR) is 52.9 cm³/mol. The van der Waals surface area contributed by atoms with Crippen LogP contribution in [0.2, 0.25) is 0 Å². The first kappa shape index (κ1) is 11.0. The van der Waals surface area contributed by atoms with Gasteiger partial charge in [-0.1, -0.05) is 19.1 Å². The molecule has 0 fully saturated rings. The smallest absolute Gasteiger partial charge is 0.168 e. The molecule has 0 saturated carbocycles. The first-order valence-electron chi connectivity index (χ1n) is 4.61. The average molecular weight is 198 g/mol. The quantitative estimate of drug-likeness (QED) is 0.801. The molecule has 0 radical (unpaired) electrons. The van der Waals surface area contributed by atoms with E-state index in [9.17, 15) is 4.39 Å². The standard InChI is InChI=1S/C11H15FO2/c1-8(7-13)6-9-4-3-5-10(14-2)11(9)12/h3-5,8,13H,6-7H2,1-2H3/t8-/m0/s1. The molecular weight excluding hydrogens is 183 g/mol. The summed E-state index contributed by atoms with van der Waals surface area (Å²) < 4.78 is 18.4. The fourth-order valence-electron chi connectivity index (χ4n) is 1.31. The van der Waals surface area contributed by atoms with Gasteiger partial charge in [0, 0.05) is 6.61 Å². The molecule has 0 unspecified atom stereocenters. The molecule has 1 rings (SSSR count). The molecule has 1 N–H and O–H groups in total. The zero-order valence-electron chi connectivity index (χ0n) is 8.46. The van der Waals surface area contributed by atoms with E-state index in [1.54, 1.807) is 18.2 Å². The third-order valence-electron chi connectivity index (χ3n) is 2.14. The lowest BCUT2D eigenvalue weighted by Gasteiger charge is -2.10. The Labute approximate surface area is 83.3 Å². The maximum atomic E-state index is 13.6. The summed E-state index contributed by atoms with van der Waals surface area (Å²) in [5.74, 6) is -0.000420. The Morgan fingerprint density at radius 3 is 2.79 bits per heavy atom. The minimum Gasteiger partial charge on any atom is -0.494 e. The van der Waals surface area contributed by atoms with Crippen molar-refractivity contribution in [2.75, 3.05) is 13.7 Å². The molecule has 1 aromatic rings. The molecule has 1 aromatic carbocycles. The summed E-state index contributed by atoms with van der Waals surface area (Å²) in [6, 6.07) is 5.05. The van der Waals surface area contributed by atoms with Crippen LogP contribution in [0.3, 0.4) is 0 Å². The van der Waals surface area contributed by atoms with Gasteiger partial charge in [0.15, 0.2) is 11.6 Å². The van der Waals surface area contributed by atoms with Crippen molar-refractivity contribution < 1.29 is 14.2 Å². The number of methoxy groups -OCH3 is 1. The van der Waals surface area contributed by atoms with Gasteiger partial charge in [-0.2, -0.15) is 0 Å². The lowest BCUT2D eigenvalue weighted by molar-refractivity contribution is 0.236. The van der Waals surface area contributed by atoms with Gasteiger partial charge in [-0.05, 0) is 24.0 Å². The Kier molecular flexibility index (Phi) is 3.89. The SMILES string of the molecule is COc1cccc(C[C@H](C)CO)c1F. The molecule has 0 aliphatic rings. The number of aliphatic hydroxyl groups is 1. The summed E-state index contributed by atoms with van der Waals surface area (Å²) >= 11 is 0. The fourth-order valence-corrected chi connectivity index (χ4v) is 1.31. The van der Waals surface area contributed by atoms with E-state index in [0.29, 0.717) is 12.0 Å². The maximum Gasteiger partial charge on any atom is 0.168 e. The van der Waals surface area contributed by atoms with E-state index in [1.165, 1.54) is 7.11 Å². The van der Waals surface area contributed by atoms with Crippen LogP contribution in [0.4, 0.5) is 4.39 Å². The van der Waals surface area contributed by atoms with E-state index < -0.39 is 0 Å². The van der Waals surface area contributed by atoms with Crippen molar-refractivity contribution in [2.24, 2.45) is 5.92 Å². The highest BCUT2D eigenvalue weighted by molar-refractivity contribution is 5.31. The van der Waals surface area contributed by atoms with Gasteiger partial charge < -0.3 is 9.84 Å². The number of hydrogen-bond donors (Lipinski definition) is 1. The van der Waals surface area contributed by atoms with Crippen molar-refractivity contribution in [1.82, 2.24) is 0 Å². The number of halogens is 1. The zero-order chi connectivity index (χ0) is 10.6. The van der Waals surface area contributed by atoms with Crippen molar-refractivity contribution in [3.05, 3.63) is 29.6 Å². The van der Waals surface area contributed by atoms with E-state index >= 15 is 0 Å². The van der Waals surface area contributed by atoms with Crippen molar-refractivity contribution in [3.8, 4) is 5.75 Å². The Bertz CT molecular complexity index is 299. The Morgan fingerprint density at radius 1 is 1.50 bits per heavy atom.